The van der Waals surface area contributed by atoms with E-state index in [9.17, 15) is 13.2 Å². The predicted octanol–water partition coefficient (Wildman–Crippen LogP) is 8.38. The van der Waals surface area contributed by atoms with Crippen LogP contribution >= 0.6 is 11.9 Å². The smallest absolute Gasteiger partial charge is 0.346 e. The van der Waals surface area contributed by atoms with Gasteiger partial charge in [0.2, 0.25) is 0 Å². The van der Waals surface area contributed by atoms with E-state index >= 15 is 0 Å². The summed E-state index contributed by atoms with van der Waals surface area (Å²) >= 11 is 1.66. The van der Waals surface area contributed by atoms with Crippen LogP contribution in [0.4, 0.5) is 13.2 Å². The van der Waals surface area contributed by atoms with Crippen LogP contribution in [0.1, 0.15) is 58.1 Å². The maximum absolute atomic E-state index is 13.6. The predicted molar refractivity (Wildman–Crippen MR) is 129 cm³/mol. The number of hydrogen-bond donors (Lipinski definition) is 0. The Balaban J connectivity index is 1.82. The largest absolute Gasteiger partial charge is 0.417 e. The van der Waals surface area contributed by atoms with Crippen LogP contribution < -0.4 is 0 Å². The van der Waals surface area contributed by atoms with E-state index in [0.29, 0.717) is 10.8 Å². The number of fused-ring (bicyclic) bond motifs is 1. The lowest BCUT2D eigenvalue weighted by molar-refractivity contribution is -0.137. The molecule has 170 valence electrons. The molecule has 1 aromatic heterocycles. The fourth-order valence-corrected chi connectivity index (χ4v) is 5.00. The molecule has 0 atom stereocenters. The monoisotopic (exact) mass is 458 g/mol. The molecule has 1 heterocycles. The van der Waals surface area contributed by atoms with E-state index < -0.39 is 11.7 Å². The van der Waals surface area contributed by atoms with Crippen LogP contribution in [-0.2, 0) is 12.7 Å². The Labute approximate surface area is 192 Å². The van der Waals surface area contributed by atoms with Gasteiger partial charge in [0.1, 0.15) is 0 Å². The van der Waals surface area contributed by atoms with Gasteiger partial charge in [-0.05, 0) is 60.4 Å². The maximum Gasteiger partial charge on any atom is 0.417 e. The first-order chi connectivity index (χ1) is 15.0. The summed E-state index contributed by atoms with van der Waals surface area (Å²) in [5, 5.41) is 1.64. The highest BCUT2D eigenvalue weighted by Crippen LogP contribution is 2.39. The van der Waals surface area contributed by atoms with E-state index in [1.807, 2.05) is 19.1 Å². The Kier molecular flexibility index (Phi) is 6.19. The minimum Gasteiger partial charge on any atom is -0.346 e. The minimum absolute atomic E-state index is 0.0226. The van der Waals surface area contributed by atoms with E-state index in [2.05, 4.69) is 31.5 Å². The van der Waals surface area contributed by atoms with E-state index in [4.69, 9.17) is 4.40 Å². The van der Waals surface area contributed by atoms with Crippen LogP contribution in [0.3, 0.4) is 0 Å². The van der Waals surface area contributed by atoms with Crippen molar-refractivity contribution in [1.82, 2.24) is 4.57 Å². The zero-order valence-corrected chi connectivity index (χ0v) is 19.8. The Bertz CT molecular complexity index is 1150. The summed E-state index contributed by atoms with van der Waals surface area (Å²) in [6.45, 7) is 9.27. The minimum atomic E-state index is -4.40. The second-order valence-electron chi connectivity index (χ2n) is 9.84. The summed E-state index contributed by atoms with van der Waals surface area (Å²) in [6.07, 6.45) is 1.42. The maximum atomic E-state index is 13.6. The quantitative estimate of drug-likeness (QED) is 0.277. The SMILES string of the molecule is C/C(=N\SC1CCC1)c1cn(CC(C)(C)C)c2cc(-c3ccccc3C(F)(F)F)ccc12. The summed E-state index contributed by atoms with van der Waals surface area (Å²) in [7, 11) is 0. The molecule has 2 nitrogen and oxygen atoms in total. The van der Waals surface area contributed by atoms with E-state index in [0.717, 1.165) is 34.8 Å². The third-order valence-electron chi connectivity index (χ3n) is 5.85. The van der Waals surface area contributed by atoms with Crippen molar-refractivity contribution in [2.45, 2.75) is 64.9 Å². The fraction of sp³-hybridized carbons (Fsp3) is 0.423. The molecule has 3 aromatic rings. The topological polar surface area (TPSA) is 17.3 Å². The van der Waals surface area contributed by atoms with Gasteiger partial charge in [-0.2, -0.15) is 13.2 Å². The first kappa shape index (κ1) is 23.0. The van der Waals surface area contributed by atoms with Crippen molar-refractivity contribution in [2.24, 2.45) is 9.81 Å². The summed E-state index contributed by atoms with van der Waals surface area (Å²) in [6, 6.07) is 11.4. The van der Waals surface area contributed by atoms with Crippen LogP contribution in [0.15, 0.2) is 53.1 Å². The number of halogens is 3. The van der Waals surface area contributed by atoms with Gasteiger partial charge in [-0.3, -0.25) is 0 Å². The Morgan fingerprint density at radius 3 is 2.44 bits per heavy atom. The Hall–Kier alpha value is -2.21. The molecule has 0 bridgehead atoms. The molecule has 1 fully saturated rings. The standard InChI is InChI=1S/C26H29F3N2S/c1-17(30-32-19-8-7-9-19)22-15-31(16-25(2,3)4)24-14-18(12-13-21(22)24)20-10-5-6-11-23(20)26(27,28)29/h5-6,10-15,19H,7-9,16H2,1-4H3/b30-17+. The second-order valence-corrected chi connectivity index (χ2v) is 10.9. The van der Waals surface area contributed by atoms with Gasteiger partial charge >= 0.3 is 6.18 Å². The highest BCUT2D eigenvalue weighted by Gasteiger charge is 2.33. The van der Waals surface area contributed by atoms with Gasteiger partial charge in [-0.1, -0.05) is 57.5 Å². The molecule has 6 heteroatoms. The first-order valence-corrected chi connectivity index (χ1v) is 11.9. The number of alkyl halides is 3. The number of nitrogens with zero attached hydrogens (tertiary/aromatic N) is 2. The van der Waals surface area contributed by atoms with E-state index in [1.54, 1.807) is 30.1 Å². The van der Waals surface area contributed by atoms with Crippen molar-refractivity contribution in [3.05, 3.63) is 59.8 Å². The molecule has 0 spiro atoms. The molecule has 1 aliphatic rings. The molecular formula is C26H29F3N2S. The van der Waals surface area contributed by atoms with Gasteiger partial charge in [-0.15, -0.1) is 0 Å². The van der Waals surface area contributed by atoms with Crippen LogP contribution in [0, 0.1) is 5.41 Å². The van der Waals surface area contributed by atoms with Crippen molar-refractivity contribution in [2.75, 3.05) is 0 Å². The summed E-state index contributed by atoms with van der Waals surface area (Å²) in [4.78, 5) is 0. The van der Waals surface area contributed by atoms with Gasteiger partial charge in [-0.25, -0.2) is 4.40 Å². The van der Waals surface area contributed by atoms with E-state index in [1.165, 1.54) is 25.3 Å². The molecule has 0 unspecified atom stereocenters. The van der Waals surface area contributed by atoms with Crippen LogP contribution in [0.25, 0.3) is 22.0 Å². The fourth-order valence-electron chi connectivity index (χ4n) is 4.05. The molecule has 0 N–H and O–H groups in total. The Morgan fingerprint density at radius 1 is 1.09 bits per heavy atom. The summed E-state index contributed by atoms with van der Waals surface area (Å²) in [5.74, 6) is 0. The van der Waals surface area contributed by atoms with Crippen molar-refractivity contribution in [1.29, 1.82) is 0 Å². The zero-order valence-electron chi connectivity index (χ0n) is 19.0. The molecule has 1 aliphatic carbocycles. The molecule has 0 radical (unpaired) electrons. The van der Waals surface area contributed by atoms with Gasteiger partial charge in [0.05, 0.1) is 11.3 Å². The third kappa shape index (κ3) is 4.90. The van der Waals surface area contributed by atoms with Crippen molar-refractivity contribution in [3.63, 3.8) is 0 Å². The molecule has 0 amide bonds. The van der Waals surface area contributed by atoms with Crippen molar-refractivity contribution >= 4 is 28.6 Å². The lowest BCUT2D eigenvalue weighted by atomic mass is 9.96. The lowest BCUT2D eigenvalue weighted by Gasteiger charge is -2.21. The van der Waals surface area contributed by atoms with Gasteiger partial charge in [0, 0.05) is 34.5 Å². The van der Waals surface area contributed by atoms with Crippen LogP contribution in [0.2, 0.25) is 0 Å². The molecule has 2 aromatic carbocycles. The van der Waals surface area contributed by atoms with Crippen LogP contribution in [0.5, 0.6) is 0 Å². The third-order valence-corrected chi connectivity index (χ3v) is 7.00. The van der Waals surface area contributed by atoms with Gasteiger partial charge in [0.25, 0.3) is 0 Å². The number of benzene rings is 2. The average molecular weight is 459 g/mol. The van der Waals surface area contributed by atoms with Crippen LogP contribution in [-0.4, -0.2) is 15.5 Å². The number of aromatic nitrogens is 1. The van der Waals surface area contributed by atoms with Gasteiger partial charge < -0.3 is 4.57 Å². The highest BCUT2D eigenvalue weighted by molar-refractivity contribution is 7.98. The van der Waals surface area contributed by atoms with Gasteiger partial charge in [0.15, 0.2) is 0 Å². The molecule has 4 rings (SSSR count). The molecule has 0 saturated heterocycles. The first-order valence-electron chi connectivity index (χ1n) is 11.0. The molecule has 0 aliphatic heterocycles. The van der Waals surface area contributed by atoms with Crippen molar-refractivity contribution in [3.8, 4) is 11.1 Å². The van der Waals surface area contributed by atoms with Crippen molar-refractivity contribution < 1.29 is 13.2 Å². The summed E-state index contributed by atoms with van der Waals surface area (Å²) < 4.78 is 47.8. The van der Waals surface area contributed by atoms with E-state index in [-0.39, 0.29) is 11.0 Å². The summed E-state index contributed by atoms with van der Waals surface area (Å²) in [5.41, 5.74) is 3.14. The molecule has 1 saturated carbocycles. The number of hydrogen-bond acceptors (Lipinski definition) is 2. The lowest BCUT2D eigenvalue weighted by Crippen LogP contribution is -2.14. The Morgan fingerprint density at radius 2 is 1.81 bits per heavy atom. The zero-order chi connectivity index (χ0) is 23.1. The molecule has 32 heavy (non-hydrogen) atoms. The second kappa shape index (κ2) is 8.62. The average Bonchev–Trinajstić information content (AvgIpc) is 3.02. The highest BCUT2D eigenvalue weighted by atomic mass is 32.2. The molecular weight excluding hydrogens is 429 g/mol. The normalized spacial score (nSPS) is 15.9. The number of rotatable bonds is 5.